The maximum atomic E-state index is 13.6. The van der Waals surface area contributed by atoms with E-state index in [2.05, 4.69) is 9.71 Å². The van der Waals surface area contributed by atoms with E-state index in [-0.39, 0.29) is 18.9 Å². The smallest absolute Gasteiger partial charge is 0.243 e. The summed E-state index contributed by atoms with van der Waals surface area (Å²) >= 11 is 0. The number of carbonyl (C=O) groups is 1. The molecule has 0 radical (unpaired) electrons. The minimum Gasteiger partial charge on any atom is -0.332 e. The van der Waals surface area contributed by atoms with Gasteiger partial charge < -0.3 is 4.90 Å². The molecule has 0 aliphatic carbocycles. The number of nitrogens with one attached hydrogen (secondary N) is 1. The Bertz CT molecular complexity index is 845. The Labute approximate surface area is 139 Å². The predicted octanol–water partition coefficient (Wildman–Crippen LogP) is 1.43. The van der Waals surface area contributed by atoms with Gasteiger partial charge in [0.1, 0.15) is 10.7 Å². The van der Waals surface area contributed by atoms with Crippen LogP contribution in [0, 0.1) is 5.82 Å². The molecule has 0 atom stereocenters. The molecule has 0 spiro atoms. The van der Waals surface area contributed by atoms with Crippen molar-refractivity contribution in [2.24, 2.45) is 0 Å². The molecule has 0 unspecified atom stereocenters. The number of fused-ring (bicyclic) bond motifs is 1. The molecule has 1 aromatic carbocycles. The molecule has 1 aliphatic heterocycles. The Morgan fingerprint density at radius 2 is 2.00 bits per heavy atom. The van der Waals surface area contributed by atoms with Crippen LogP contribution in [0.1, 0.15) is 17.7 Å². The first-order chi connectivity index (χ1) is 11.5. The second kappa shape index (κ2) is 6.66. The highest BCUT2D eigenvalue weighted by Gasteiger charge is 2.24. The molecule has 2 heterocycles. The minimum absolute atomic E-state index is 0.00166. The first-order valence-electron chi connectivity index (χ1n) is 7.42. The van der Waals surface area contributed by atoms with Crippen molar-refractivity contribution in [2.45, 2.75) is 24.4 Å². The maximum Gasteiger partial charge on any atom is 0.243 e. The number of rotatable bonds is 5. The Kier molecular flexibility index (Phi) is 4.59. The van der Waals surface area contributed by atoms with E-state index >= 15 is 0 Å². The molecule has 24 heavy (non-hydrogen) atoms. The van der Waals surface area contributed by atoms with Gasteiger partial charge in [0.05, 0.1) is 12.2 Å². The van der Waals surface area contributed by atoms with E-state index in [4.69, 9.17) is 0 Å². The van der Waals surface area contributed by atoms with Gasteiger partial charge in [-0.2, -0.15) is 0 Å². The Morgan fingerprint density at radius 1 is 1.21 bits per heavy atom. The third-order valence-corrected chi connectivity index (χ3v) is 5.29. The maximum absolute atomic E-state index is 13.6. The zero-order valence-corrected chi connectivity index (χ0v) is 13.6. The van der Waals surface area contributed by atoms with Gasteiger partial charge in [-0.3, -0.25) is 9.78 Å². The number of hydrogen-bond donors (Lipinski definition) is 1. The van der Waals surface area contributed by atoms with Crippen LogP contribution in [0.25, 0.3) is 0 Å². The first-order valence-corrected chi connectivity index (χ1v) is 8.90. The standard InChI is InChI=1S/C16H16FN3O3S/c17-13-5-1-2-6-15(13)24(22,23)19-9-7-16(21)20-10-12-4-3-8-18-14(12)11-20/h1-6,8,19H,7,9-11H2. The molecule has 6 nitrogen and oxygen atoms in total. The summed E-state index contributed by atoms with van der Waals surface area (Å²) in [5, 5.41) is 0. The van der Waals surface area contributed by atoms with Gasteiger partial charge in [-0.1, -0.05) is 18.2 Å². The Hall–Kier alpha value is -2.32. The van der Waals surface area contributed by atoms with Crippen LogP contribution in [0.4, 0.5) is 4.39 Å². The van der Waals surface area contributed by atoms with E-state index < -0.39 is 20.7 Å². The molecule has 126 valence electrons. The number of amides is 1. The average molecular weight is 349 g/mol. The zero-order valence-electron chi connectivity index (χ0n) is 12.8. The second-order valence-corrected chi connectivity index (χ2v) is 7.17. The quantitative estimate of drug-likeness (QED) is 0.886. The largest absolute Gasteiger partial charge is 0.332 e. The van der Waals surface area contributed by atoms with Crippen LogP contribution in [0.2, 0.25) is 0 Å². The van der Waals surface area contributed by atoms with Gasteiger partial charge >= 0.3 is 0 Å². The fraction of sp³-hybridized carbons (Fsp3) is 0.250. The number of pyridine rings is 1. The van der Waals surface area contributed by atoms with E-state index in [9.17, 15) is 17.6 Å². The fourth-order valence-electron chi connectivity index (χ4n) is 2.57. The lowest BCUT2D eigenvalue weighted by Crippen LogP contribution is -2.32. The summed E-state index contributed by atoms with van der Waals surface area (Å²) in [6.07, 6.45) is 1.68. The van der Waals surface area contributed by atoms with Gasteiger partial charge in [0.2, 0.25) is 15.9 Å². The molecule has 2 aromatic rings. The molecule has 0 bridgehead atoms. The van der Waals surface area contributed by atoms with Crippen molar-refractivity contribution >= 4 is 15.9 Å². The van der Waals surface area contributed by atoms with Gasteiger partial charge in [-0.15, -0.1) is 0 Å². The molecule has 0 fully saturated rings. The lowest BCUT2D eigenvalue weighted by molar-refractivity contribution is -0.131. The number of aromatic nitrogens is 1. The fourth-order valence-corrected chi connectivity index (χ4v) is 3.68. The van der Waals surface area contributed by atoms with Gasteiger partial charge in [-0.25, -0.2) is 17.5 Å². The topological polar surface area (TPSA) is 79.4 Å². The van der Waals surface area contributed by atoms with Crippen LogP contribution in [-0.2, 0) is 27.9 Å². The Balaban J connectivity index is 1.56. The van der Waals surface area contributed by atoms with E-state index in [1.54, 1.807) is 11.1 Å². The van der Waals surface area contributed by atoms with Gasteiger partial charge in [-0.05, 0) is 23.8 Å². The van der Waals surface area contributed by atoms with Crippen molar-refractivity contribution in [1.29, 1.82) is 0 Å². The number of nitrogens with zero attached hydrogens (tertiary/aromatic N) is 2. The van der Waals surface area contributed by atoms with Crippen molar-refractivity contribution in [3.63, 3.8) is 0 Å². The van der Waals surface area contributed by atoms with Crippen molar-refractivity contribution < 1.29 is 17.6 Å². The van der Waals surface area contributed by atoms with Crippen molar-refractivity contribution in [1.82, 2.24) is 14.6 Å². The number of benzene rings is 1. The molecule has 1 aliphatic rings. The molecule has 3 rings (SSSR count). The lowest BCUT2D eigenvalue weighted by atomic mass is 10.2. The molecule has 0 saturated carbocycles. The SMILES string of the molecule is O=C(CCNS(=O)(=O)c1ccccc1F)N1Cc2cccnc2C1. The van der Waals surface area contributed by atoms with Crippen molar-refractivity contribution in [3.05, 3.63) is 59.7 Å². The lowest BCUT2D eigenvalue weighted by Gasteiger charge is -2.15. The molecular formula is C16H16FN3O3S. The summed E-state index contributed by atoms with van der Waals surface area (Å²) in [4.78, 5) is 17.6. The predicted molar refractivity (Wildman–Crippen MR) is 84.7 cm³/mol. The summed E-state index contributed by atoms with van der Waals surface area (Å²) in [6, 6.07) is 8.84. The first kappa shape index (κ1) is 16.5. The third-order valence-electron chi connectivity index (χ3n) is 3.80. The number of halogens is 1. The normalized spacial score (nSPS) is 13.8. The zero-order chi connectivity index (χ0) is 17.2. The van der Waals surface area contributed by atoms with E-state index in [1.165, 1.54) is 18.2 Å². The van der Waals surface area contributed by atoms with Crippen LogP contribution >= 0.6 is 0 Å². The highest BCUT2D eigenvalue weighted by molar-refractivity contribution is 7.89. The summed E-state index contributed by atoms with van der Waals surface area (Å²) in [6.45, 7) is 0.812. The molecule has 8 heteroatoms. The van der Waals surface area contributed by atoms with Gasteiger partial charge in [0.25, 0.3) is 0 Å². The summed E-state index contributed by atoms with van der Waals surface area (Å²) in [5.74, 6) is -0.998. The average Bonchev–Trinajstić information content (AvgIpc) is 2.99. The van der Waals surface area contributed by atoms with E-state index in [0.29, 0.717) is 13.1 Å². The van der Waals surface area contributed by atoms with E-state index in [1.807, 2.05) is 12.1 Å². The number of sulfonamides is 1. The van der Waals surface area contributed by atoms with Gasteiger partial charge in [0, 0.05) is 25.7 Å². The molecule has 1 amide bonds. The number of hydrogen-bond acceptors (Lipinski definition) is 4. The molecule has 1 N–H and O–H groups in total. The summed E-state index contributed by atoms with van der Waals surface area (Å²) in [5.41, 5.74) is 1.86. The van der Waals surface area contributed by atoms with Crippen LogP contribution in [-0.4, -0.2) is 30.8 Å². The molecule has 1 aromatic heterocycles. The van der Waals surface area contributed by atoms with Crippen LogP contribution in [0.3, 0.4) is 0 Å². The molecule has 0 saturated heterocycles. The second-order valence-electron chi connectivity index (χ2n) is 5.44. The van der Waals surface area contributed by atoms with Crippen LogP contribution in [0.5, 0.6) is 0 Å². The highest BCUT2D eigenvalue weighted by atomic mass is 32.2. The van der Waals surface area contributed by atoms with Crippen LogP contribution in [0.15, 0.2) is 47.5 Å². The minimum atomic E-state index is -3.97. The van der Waals surface area contributed by atoms with E-state index in [0.717, 1.165) is 17.3 Å². The number of carbonyl (C=O) groups excluding carboxylic acids is 1. The monoisotopic (exact) mass is 349 g/mol. The summed E-state index contributed by atoms with van der Waals surface area (Å²) in [7, 11) is -3.97. The van der Waals surface area contributed by atoms with Crippen molar-refractivity contribution in [3.8, 4) is 0 Å². The molecular weight excluding hydrogens is 333 g/mol. The Morgan fingerprint density at radius 3 is 2.75 bits per heavy atom. The highest BCUT2D eigenvalue weighted by Crippen LogP contribution is 2.20. The summed E-state index contributed by atoms with van der Waals surface area (Å²) < 4.78 is 39.9. The van der Waals surface area contributed by atoms with Crippen LogP contribution < -0.4 is 4.72 Å². The van der Waals surface area contributed by atoms with Crippen molar-refractivity contribution in [2.75, 3.05) is 6.54 Å². The van der Waals surface area contributed by atoms with Gasteiger partial charge in [0.15, 0.2) is 0 Å². The third kappa shape index (κ3) is 3.44.